The summed E-state index contributed by atoms with van der Waals surface area (Å²) in [6.07, 6.45) is 0. The summed E-state index contributed by atoms with van der Waals surface area (Å²) in [5, 5.41) is 5.46. The second kappa shape index (κ2) is 16.8. The van der Waals surface area contributed by atoms with Crippen LogP contribution in [0.1, 0.15) is 0 Å². The molecule has 3 aliphatic heterocycles. The highest BCUT2D eigenvalue weighted by molar-refractivity contribution is 8.00. The van der Waals surface area contributed by atoms with Gasteiger partial charge in [0, 0.05) is 43.9 Å². The molecule has 8 heteroatoms. The molecule has 0 spiro atoms. The molecule has 14 rings (SSSR count). The van der Waals surface area contributed by atoms with Crippen LogP contribution in [0.15, 0.2) is 259 Å². The Morgan fingerprint density at radius 2 is 0.859 bits per heavy atom. The standard InChI is InChI=1S/C63H41BN4OSSi/c1-5-19-43(20-6-1)61-65-62(44-21-7-2-8-22-44)67-63(66-61)45-35-33-42(34-36-45)46-37-38-51-56(39-46)70-57-41-47(40-55-60(57)64(51)50-27-13-16-30-54(50)69-55)68-52-28-14-17-31-58(52)71(48-23-9-3-10-24-48,49-25-11-4-12-26-49)59-32-18-15-29-53(59)68/h1-41H. The monoisotopic (exact) mass is 940 g/mol. The van der Waals surface area contributed by atoms with Crippen molar-refractivity contribution in [2.45, 2.75) is 9.79 Å². The van der Waals surface area contributed by atoms with Crippen LogP contribution in [0.25, 0.3) is 45.3 Å². The molecule has 3 aliphatic rings. The number of ether oxygens (including phenoxy) is 1. The highest BCUT2D eigenvalue weighted by Gasteiger charge is 2.49. The maximum absolute atomic E-state index is 6.99. The van der Waals surface area contributed by atoms with Crippen LogP contribution in [0.4, 0.5) is 17.1 Å². The topological polar surface area (TPSA) is 51.1 Å². The fraction of sp³-hybridized carbons (Fsp3) is 0. The first-order valence-corrected chi connectivity index (χ1v) is 26.9. The van der Waals surface area contributed by atoms with Crippen molar-refractivity contribution in [1.82, 2.24) is 15.0 Å². The second-order valence-electron chi connectivity index (χ2n) is 18.3. The van der Waals surface area contributed by atoms with Crippen molar-refractivity contribution in [1.29, 1.82) is 0 Å². The SMILES string of the molecule is c1ccc(-c2nc(-c3ccccc3)nc(-c3ccc(-c4ccc5c(c4)Sc4cc(N6c7ccccc7[Si](c7ccccc7)(c7ccccc7)c7ccccc76)cc6c4B5c4ccccc4O6)cc3)n2)cc1. The van der Waals surface area contributed by atoms with E-state index in [1.807, 2.05) is 72.4 Å². The number of rotatable bonds is 7. The van der Waals surface area contributed by atoms with Crippen LogP contribution in [-0.4, -0.2) is 29.7 Å². The molecule has 0 fully saturated rings. The number of aromatic nitrogens is 3. The van der Waals surface area contributed by atoms with Gasteiger partial charge in [-0.05, 0) is 73.1 Å². The maximum atomic E-state index is 6.99. The number of nitrogens with zero attached hydrogens (tertiary/aromatic N) is 4. The van der Waals surface area contributed by atoms with Crippen LogP contribution in [-0.2, 0) is 0 Å². The Hall–Kier alpha value is -8.56. The molecule has 0 aliphatic carbocycles. The van der Waals surface area contributed by atoms with Crippen molar-refractivity contribution in [3.8, 4) is 56.8 Å². The number of anilines is 3. The molecule has 1 aromatic heterocycles. The van der Waals surface area contributed by atoms with Gasteiger partial charge in [0.2, 0.25) is 0 Å². The van der Waals surface area contributed by atoms with Gasteiger partial charge in [-0.3, -0.25) is 0 Å². The zero-order valence-corrected chi connectivity index (χ0v) is 40.2. The Bertz CT molecular complexity index is 3700. The normalized spacial score (nSPS) is 13.5. The van der Waals surface area contributed by atoms with Crippen LogP contribution in [0.5, 0.6) is 11.5 Å². The lowest BCUT2D eigenvalue weighted by Crippen LogP contribution is -2.77. The smallest absolute Gasteiger partial charge is 0.253 e. The number of hydrogen-bond donors (Lipinski definition) is 0. The third-order valence-corrected chi connectivity index (χ3v) is 20.3. The van der Waals surface area contributed by atoms with Gasteiger partial charge in [0.15, 0.2) is 25.5 Å². The van der Waals surface area contributed by atoms with Gasteiger partial charge in [-0.25, -0.2) is 15.0 Å². The van der Waals surface area contributed by atoms with Crippen molar-refractivity contribution in [3.63, 3.8) is 0 Å². The quantitative estimate of drug-likeness (QED) is 0.148. The lowest BCUT2D eigenvalue weighted by Gasteiger charge is -2.45. The maximum Gasteiger partial charge on any atom is 0.253 e. The molecule has 0 amide bonds. The van der Waals surface area contributed by atoms with E-state index in [0.29, 0.717) is 17.5 Å². The lowest BCUT2D eigenvalue weighted by atomic mass is 9.35. The fourth-order valence-electron chi connectivity index (χ4n) is 11.2. The minimum atomic E-state index is -2.78. The third kappa shape index (κ3) is 6.74. The molecule has 0 unspecified atom stereocenters. The molecule has 0 atom stereocenters. The Balaban J connectivity index is 0.880. The molecule has 0 bridgehead atoms. The Morgan fingerprint density at radius 3 is 1.45 bits per heavy atom. The number of hydrogen-bond acceptors (Lipinski definition) is 6. The van der Waals surface area contributed by atoms with Crippen LogP contribution in [0.3, 0.4) is 0 Å². The predicted octanol–water partition coefficient (Wildman–Crippen LogP) is 10.8. The summed E-state index contributed by atoms with van der Waals surface area (Å²) >= 11 is 1.84. The highest BCUT2D eigenvalue weighted by atomic mass is 32.2. The van der Waals surface area contributed by atoms with E-state index in [2.05, 4.69) is 193 Å². The molecule has 71 heavy (non-hydrogen) atoms. The van der Waals surface area contributed by atoms with Crippen molar-refractivity contribution in [2.75, 3.05) is 4.90 Å². The third-order valence-electron chi connectivity index (χ3n) is 14.3. The minimum absolute atomic E-state index is 0.0188. The summed E-state index contributed by atoms with van der Waals surface area (Å²) in [5.74, 6) is 3.73. The van der Waals surface area contributed by atoms with E-state index in [9.17, 15) is 0 Å². The van der Waals surface area contributed by atoms with Gasteiger partial charge in [-0.1, -0.05) is 230 Å². The molecule has 0 radical (unpaired) electrons. The predicted molar refractivity (Wildman–Crippen MR) is 295 cm³/mol. The van der Waals surface area contributed by atoms with Gasteiger partial charge >= 0.3 is 0 Å². The van der Waals surface area contributed by atoms with E-state index in [4.69, 9.17) is 19.7 Å². The van der Waals surface area contributed by atoms with Gasteiger partial charge in [-0.15, -0.1) is 0 Å². The van der Waals surface area contributed by atoms with Crippen molar-refractivity contribution < 1.29 is 4.74 Å². The molecule has 4 heterocycles. The van der Waals surface area contributed by atoms with Gasteiger partial charge < -0.3 is 9.64 Å². The van der Waals surface area contributed by atoms with E-state index in [1.54, 1.807) is 0 Å². The minimum Gasteiger partial charge on any atom is -0.458 e. The molecule has 0 N–H and O–H groups in total. The van der Waals surface area contributed by atoms with Gasteiger partial charge in [0.05, 0.1) is 5.69 Å². The Morgan fingerprint density at radius 1 is 0.380 bits per heavy atom. The molecule has 11 aromatic rings. The van der Waals surface area contributed by atoms with Crippen molar-refractivity contribution >= 4 is 80.7 Å². The van der Waals surface area contributed by atoms with Gasteiger partial charge in [0.25, 0.3) is 6.71 Å². The summed E-state index contributed by atoms with van der Waals surface area (Å²) in [4.78, 5) is 19.8. The zero-order chi connectivity index (χ0) is 46.9. The van der Waals surface area contributed by atoms with Crippen LogP contribution < -0.4 is 46.8 Å². The van der Waals surface area contributed by atoms with E-state index in [-0.39, 0.29) is 6.71 Å². The molecular formula is C63H41BN4OSSi. The molecule has 0 saturated carbocycles. The van der Waals surface area contributed by atoms with Crippen molar-refractivity contribution in [3.05, 3.63) is 249 Å². The van der Waals surface area contributed by atoms with Crippen molar-refractivity contribution in [2.24, 2.45) is 0 Å². The molecule has 10 aromatic carbocycles. The van der Waals surface area contributed by atoms with E-state index >= 15 is 0 Å². The molecule has 5 nitrogen and oxygen atoms in total. The zero-order valence-electron chi connectivity index (χ0n) is 38.4. The van der Waals surface area contributed by atoms with Gasteiger partial charge in [-0.2, -0.15) is 0 Å². The first-order valence-electron chi connectivity index (χ1n) is 24.0. The number of para-hydroxylation sites is 3. The van der Waals surface area contributed by atoms with Gasteiger partial charge in [0.1, 0.15) is 11.5 Å². The first kappa shape index (κ1) is 41.4. The summed E-state index contributed by atoms with van der Waals surface area (Å²) in [6, 6.07) is 89.7. The summed E-state index contributed by atoms with van der Waals surface area (Å²) in [6.45, 7) is 0.0188. The summed E-state index contributed by atoms with van der Waals surface area (Å²) in [5.41, 5.74) is 12.3. The molecule has 0 saturated heterocycles. The van der Waals surface area contributed by atoms with E-state index in [1.165, 1.54) is 58.3 Å². The number of benzene rings is 10. The van der Waals surface area contributed by atoms with E-state index < -0.39 is 8.07 Å². The van der Waals surface area contributed by atoms with Crippen LogP contribution in [0.2, 0.25) is 0 Å². The molecular weight excluding hydrogens is 900 g/mol. The molecule has 332 valence electrons. The second-order valence-corrected chi connectivity index (χ2v) is 23.1. The van der Waals surface area contributed by atoms with Crippen LogP contribution in [0, 0.1) is 0 Å². The largest absolute Gasteiger partial charge is 0.458 e. The number of fused-ring (bicyclic) bond motifs is 6. The Kier molecular flexibility index (Phi) is 9.83. The lowest BCUT2D eigenvalue weighted by molar-refractivity contribution is 0.486. The van der Waals surface area contributed by atoms with E-state index in [0.717, 1.165) is 45.0 Å². The Labute approximate surface area is 418 Å². The average Bonchev–Trinajstić information content (AvgIpc) is 3.45. The highest BCUT2D eigenvalue weighted by Crippen LogP contribution is 2.45. The first-order chi connectivity index (χ1) is 35.2. The summed E-state index contributed by atoms with van der Waals surface area (Å²) < 4.78 is 6.99. The summed E-state index contributed by atoms with van der Waals surface area (Å²) in [7, 11) is -2.78. The average molecular weight is 941 g/mol. The fourth-order valence-corrected chi connectivity index (χ4v) is 17.5. The van der Waals surface area contributed by atoms with Crippen LogP contribution >= 0.6 is 11.8 Å².